The van der Waals surface area contributed by atoms with Crippen LogP contribution in [-0.4, -0.2) is 40.8 Å². The van der Waals surface area contributed by atoms with Gasteiger partial charge in [-0.25, -0.2) is 9.78 Å². The van der Waals surface area contributed by atoms with Gasteiger partial charge in [-0.1, -0.05) is 6.92 Å². The van der Waals surface area contributed by atoms with Crippen LogP contribution in [0.15, 0.2) is 12.1 Å². The lowest BCUT2D eigenvalue weighted by Crippen LogP contribution is -2.11. The van der Waals surface area contributed by atoms with Crippen LogP contribution in [0.1, 0.15) is 23.8 Å². The summed E-state index contributed by atoms with van der Waals surface area (Å²) in [6.45, 7) is 2.83. The first-order chi connectivity index (χ1) is 9.06. The van der Waals surface area contributed by atoms with E-state index in [0.717, 1.165) is 18.6 Å². The molecule has 1 aromatic rings. The van der Waals surface area contributed by atoms with Gasteiger partial charge < -0.3 is 14.6 Å². The molecule has 0 atom stereocenters. The van der Waals surface area contributed by atoms with Gasteiger partial charge >= 0.3 is 11.7 Å². The average molecular weight is 270 g/mol. The van der Waals surface area contributed by atoms with Crippen molar-refractivity contribution in [1.82, 2.24) is 4.98 Å². The molecule has 1 N–H and O–H groups in total. The highest BCUT2D eigenvalue weighted by molar-refractivity contribution is 5.85. The predicted octanol–water partition coefficient (Wildman–Crippen LogP) is 1.49. The lowest BCUT2D eigenvalue weighted by atomic mass is 10.3. The van der Waals surface area contributed by atoms with Crippen molar-refractivity contribution in [2.45, 2.75) is 13.3 Å². The topological polar surface area (TPSA) is 112 Å². The molecule has 0 aliphatic carbocycles. The Balaban J connectivity index is 2.74. The van der Waals surface area contributed by atoms with Gasteiger partial charge in [-0.2, -0.15) is 0 Å². The lowest BCUT2D eigenvalue weighted by Gasteiger charge is -2.06. The second kappa shape index (κ2) is 7.27. The van der Waals surface area contributed by atoms with Crippen LogP contribution < -0.4 is 4.74 Å². The van der Waals surface area contributed by atoms with Crippen molar-refractivity contribution in [3.05, 3.63) is 27.9 Å². The monoisotopic (exact) mass is 270 g/mol. The highest BCUT2D eigenvalue weighted by atomic mass is 16.6. The predicted molar refractivity (Wildman–Crippen MR) is 64.5 cm³/mol. The van der Waals surface area contributed by atoms with Gasteiger partial charge in [-0.15, -0.1) is 0 Å². The van der Waals surface area contributed by atoms with Crippen molar-refractivity contribution in [3.8, 4) is 5.88 Å². The Kier molecular flexibility index (Phi) is 5.68. The highest BCUT2D eigenvalue weighted by Gasteiger charge is 2.19. The molecule has 1 aromatic heterocycles. The maximum atomic E-state index is 10.7. The Morgan fingerprint density at radius 3 is 2.74 bits per heavy atom. The normalized spacial score (nSPS) is 10.2. The summed E-state index contributed by atoms with van der Waals surface area (Å²) in [6.07, 6.45) is 0.854. The van der Waals surface area contributed by atoms with Gasteiger partial charge in [-0.3, -0.25) is 10.1 Å². The minimum atomic E-state index is -1.28. The number of hydrogen-bond acceptors (Lipinski definition) is 6. The number of ether oxygens (including phenoxy) is 2. The van der Waals surface area contributed by atoms with Crippen molar-refractivity contribution in [3.63, 3.8) is 0 Å². The molecule has 104 valence electrons. The summed E-state index contributed by atoms with van der Waals surface area (Å²) in [4.78, 5) is 24.4. The highest BCUT2D eigenvalue weighted by Crippen LogP contribution is 2.24. The van der Waals surface area contributed by atoms with Crippen LogP contribution in [0.2, 0.25) is 0 Å². The second-order valence-electron chi connectivity index (χ2n) is 3.54. The third-order valence-corrected chi connectivity index (χ3v) is 2.07. The molecule has 0 radical (unpaired) electrons. The Hall–Kier alpha value is -2.22. The molecule has 8 heteroatoms. The molecule has 0 saturated heterocycles. The molecule has 0 aromatic carbocycles. The molecule has 1 heterocycles. The van der Waals surface area contributed by atoms with Crippen molar-refractivity contribution in [2.24, 2.45) is 0 Å². The quantitative estimate of drug-likeness (QED) is 0.432. The summed E-state index contributed by atoms with van der Waals surface area (Å²) in [5.74, 6) is -1.59. The van der Waals surface area contributed by atoms with Crippen molar-refractivity contribution in [1.29, 1.82) is 0 Å². The van der Waals surface area contributed by atoms with Gasteiger partial charge in [0.15, 0.2) is 5.69 Å². The first-order valence-electron chi connectivity index (χ1n) is 5.65. The number of nitrogens with zero attached hydrogens (tertiary/aromatic N) is 2. The maximum Gasteiger partial charge on any atom is 0.354 e. The Bertz CT molecular complexity index is 462. The first kappa shape index (κ1) is 14.8. The van der Waals surface area contributed by atoms with Gasteiger partial charge in [0, 0.05) is 12.7 Å². The number of carbonyl (C=O) groups is 1. The maximum absolute atomic E-state index is 10.7. The number of rotatable bonds is 8. The number of aromatic carboxylic acids is 1. The number of carboxylic acids is 1. The summed E-state index contributed by atoms with van der Waals surface area (Å²) in [6, 6.07) is 2.11. The molecule has 0 spiro atoms. The summed E-state index contributed by atoms with van der Waals surface area (Å²) >= 11 is 0. The van der Waals surface area contributed by atoms with Crippen LogP contribution in [0, 0.1) is 10.1 Å². The molecular weight excluding hydrogens is 256 g/mol. The van der Waals surface area contributed by atoms with Gasteiger partial charge in [0.05, 0.1) is 11.5 Å². The molecule has 0 aliphatic rings. The minimum Gasteiger partial charge on any atom is -0.477 e. The average Bonchev–Trinajstić information content (AvgIpc) is 2.38. The molecule has 8 nitrogen and oxygen atoms in total. The Morgan fingerprint density at radius 2 is 2.16 bits per heavy atom. The van der Waals surface area contributed by atoms with Crippen LogP contribution in [0.4, 0.5) is 5.69 Å². The lowest BCUT2D eigenvalue weighted by molar-refractivity contribution is -0.386. The van der Waals surface area contributed by atoms with Crippen molar-refractivity contribution < 1.29 is 24.3 Å². The summed E-state index contributed by atoms with van der Waals surface area (Å²) in [7, 11) is 0. The smallest absolute Gasteiger partial charge is 0.354 e. The van der Waals surface area contributed by atoms with E-state index in [0.29, 0.717) is 6.61 Å². The standard InChI is InChI=1S/C11H14N2O6/c1-2-5-18-6-7-19-10-9(13(16)17)4-3-8(12-10)11(14)15/h3-4H,2,5-7H2,1H3,(H,14,15). The van der Waals surface area contributed by atoms with E-state index in [1.54, 1.807) is 0 Å². The van der Waals surface area contributed by atoms with E-state index in [1.165, 1.54) is 0 Å². The number of carboxylic acid groups (broad SMARTS) is 1. The molecule has 0 fully saturated rings. The Labute approximate surface area is 109 Å². The fraction of sp³-hybridized carbons (Fsp3) is 0.455. The van der Waals surface area contributed by atoms with E-state index in [1.807, 2.05) is 6.92 Å². The zero-order valence-corrected chi connectivity index (χ0v) is 10.4. The number of aromatic nitrogens is 1. The van der Waals surface area contributed by atoms with Gasteiger partial charge in [0.25, 0.3) is 5.88 Å². The van der Waals surface area contributed by atoms with E-state index in [-0.39, 0.29) is 30.5 Å². The third kappa shape index (κ3) is 4.51. The molecule has 0 unspecified atom stereocenters. The minimum absolute atomic E-state index is 0.0664. The van der Waals surface area contributed by atoms with Gasteiger partial charge in [0.1, 0.15) is 6.61 Å². The Morgan fingerprint density at radius 1 is 1.42 bits per heavy atom. The van der Waals surface area contributed by atoms with Crippen LogP contribution in [0.3, 0.4) is 0 Å². The van der Waals surface area contributed by atoms with Gasteiger partial charge in [0.2, 0.25) is 0 Å². The van der Waals surface area contributed by atoms with E-state index in [4.69, 9.17) is 14.6 Å². The molecule has 0 aliphatic heterocycles. The zero-order chi connectivity index (χ0) is 14.3. The SMILES string of the molecule is CCCOCCOc1nc(C(=O)O)ccc1[N+](=O)[O-]. The molecule has 1 rings (SSSR count). The van der Waals surface area contributed by atoms with E-state index >= 15 is 0 Å². The van der Waals surface area contributed by atoms with Crippen LogP contribution >= 0.6 is 0 Å². The number of nitro groups is 1. The molecule has 0 bridgehead atoms. The molecular formula is C11H14N2O6. The third-order valence-electron chi connectivity index (χ3n) is 2.07. The van der Waals surface area contributed by atoms with E-state index in [9.17, 15) is 14.9 Å². The zero-order valence-electron chi connectivity index (χ0n) is 10.4. The fourth-order valence-electron chi connectivity index (χ4n) is 1.24. The van der Waals surface area contributed by atoms with Crippen molar-refractivity contribution >= 4 is 11.7 Å². The van der Waals surface area contributed by atoms with Crippen LogP contribution in [-0.2, 0) is 4.74 Å². The van der Waals surface area contributed by atoms with Crippen LogP contribution in [0.25, 0.3) is 0 Å². The summed E-state index contributed by atoms with van der Waals surface area (Å²) in [5, 5.41) is 19.5. The molecule has 0 amide bonds. The summed E-state index contributed by atoms with van der Waals surface area (Å²) in [5.41, 5.74) is -0.685. The molecule has 19 heavy (non-hydrogen) atoms. The van der Waals surface area contributed by atoms with Gasteiger partial charge in [-0.05, 0) is 12.5 Å². The number of hydrogen-bond donors (Lipinski definition) is 1. The van der Waals surface area contributed by atoms with E-state index in [2.05, 4.69) is 4.98 Å². The second-order valence-corrected chi connectivity index (χ2v) is 3.54. The van der Waals surface area contributed by atoms with E-state index < -0.39 is 10.9 Å². The largest absolute Gasteiger partial charge is 0.477 e. The molecule has 0 saturated carbocycles. The number of pyridine rings is 1. The first-order valence-corrected chi connectivity index (χ1v) is 5.65. The summed E-state index contributed by atoms with van der Waals surface area (Å²) < 4.78 is 10.2. The van der Waals surface area contributed by atoms with Crippen LogP contribution in [0.5, 0.6) is 5.88 Å². The van der Waals surface area contributed by atoms with Crippen molar-refractivity contribution in [2.75, 3.05) is 19.8 Å². The fourth-order valence-corrected chi connectivity index (χ4v) is 1.24.